The summed E-state index contributed by atoms with van der Waals surface area (Å²) in [7, 11) is 0. The lowest BCUT2D eigenvalue weighted by Gasteiger charge is -2.00. The predicted octanol–water partition coefficient (Wildman–Crippen LogP) is -0.0846. The smallest absolute Gasteiger partial charge is 0.132 e. The SMILES string of the molecule is CC(=O)C[C@@H](O)CC=O. The van der Waals surface area contributed by atoms with E-state index in [4.69, 9.17) is 5.11 Å². The first-order valence-corrected chi connectivity index (χ1v) is 2.78. The quantitative estimate of drug-likeness (QED) is 0.541. The third-order valence-corrected chi connectivity index (χ3v) is 0.891. The molecule has 9 heavy (non-hydrogen) atoms. The van der Waals surface area contributed by atoms with Gasteiger partial charge in [0.25, 0.3) is 0 Å². The Morgan fingerprint density at radius 2 is 2.33 bits per heavy atom. The second kappa shape index (κ2) is 4.21. The van der Waals surface area contributed by atoms with Crippen molar-refractivity contribution in [2.45, 2.75) is 25.9 Å². The number of hydrogen-bond acceptors (Lipinski definition) is 3. The second-order valence-electron chi connectivity index (χ2n) is 1.96. The number of ketones is 1. The minimum Gasteiger partial charge on any atom is -0.392 e. The molecule has 0 aromatic rings. The number of Topliss-reactive ketones (excluding diaryl/α,β-unsaturated/α-hetero) is 1. The monoisotopic (exact) mass is 130 g/mol. The third-order valence-electron chi connectivity index (χ3n) is 0.891. The van der Waals surface area contributed by atoms with E-state index in [2.05, 4.69) is 0 Å². The molecule has 52 valence electrons. The van der Waals surface area contributed by atoms with Gasteiger partial charge in [0.1, 0.15) is 12.1 Å². The molecule has 3 nitrogen and oxygen atoms in total. The van der Waals surface area contributed by atoms with Gasteiger partial charge in [0, 0.05) is 12.8 Å². The highest BCUT2D eigenvalue weighted by atomic mass is 16.3. The van der Waals surface area contributed by atoms with E-state index in [0.29, 0.717) is 6.29 Å². The average molecular weight is 130 g/mol. The van der Waals surface area contributed by atoms with Gasteiger partial charge in [-0.05, 0) is 6.92 Å². The highest BCUT2D eigenvalue weighted by molar-refractivity contribution is 5.76. The Kier molecular flexibility index (Phi) is 3.88. The molecule has 0 spiro atoms. The molecule has 0 aliphatic carbocycles. The summed E-state index contributed by atoms with van der Waals surface area (Å²) in [6.07, 6.45) is -0.0358. The zero-order valence-corrected chi connectivity index (χ0v) is 5.33. The van der Waals surface area contributed by atoms with Crippen LogP contribution in [0.5, 0.6) is 0 Å². The van der Waals surface area contributed by atoms with E-state index in [0.717, 1.165) is 0 Å². The lowest BCUT2D eigenvalue weighted by atomic mass is 10.1. The van der Waals surface area contributed by atoms with Gasteiger partial charge in [0.15, 0.2) is 0 Å². The van der Waals surface area contributed by atoms with Crippen LogP contribution in [0.3, 0.4) is 0 Å². The molecule has 0 rings (SSSR count). The molecule has 0 aromatic heterocycles. The summed E-state index contributed by atoms with van der Waals surface area (Å²) in [5, 5.41) is 8.77. The van der Waals surface area contributed by atoms with Crippen molar-refractivity contribution in [3.8, 4) is 0 Å². The van der Waals surface area contributed by atoms with Crippen molar-refractivity contribution in [2.24, 2.45) is 0 Å². The van der Waals surface area contributed by atoms with E-state index < -0.39 is 6.10 Å². The lowest BCUT2D eigenvalue weighted by molar-refractivity contribution is -0.119. The van der Waals surface area contributed by atoms with Gasteiger partial charge >= 0.3 is 0 Å². The lowest BCUT2D eigenvalue weighted by Crippen LogP contribution is -2.11. The standard InChI is InChI=1S/C6H10O3/c1-5(8)4-6(9)2-3-7/h3,6,9H,2,4H2,1H3/t6-/m0/s1. The number of aldehydes is 1. The Morgan fingerprint density at radius 1 is 1.78 bits per heavy atom. The summed E-state index contributed by atoms with van der Waals surface area (Å²) in [5.74, 6) is -0.0932. The van der Waals surface area contributed by atoms with Crippen molar-refractivity contribution in [1.82, 2.24) is 0 Å². The molecule has 0 aromatic carbocycles. The van der Waals surface area contributed by atoms with Crippen molar-refractivity contribution in [3.63, 3.8) is 0 Å². The van der Waals surface area contributed by atoms with Gasteiger partial charge in [-0.15, -0.1) is 0 Å². The maximum absolute atomic E-state index is 10.3. The molecular weight excluding hydrogens is 120 g/mol. The highest BCUT2D eigenvalue weighted by Gasteiger charge is 2.04. The number of carbonyl (C=O) groups is 2. The molecule has 1 N–H and O–H groups in total. The molecule has 0 radical (unpaired) electrons. The molecule has 0 amide bonds. The normalized spacial score (nSPS) is 12.7. The maximum atomic E-state index is 10.3. The van der Waals surface area contributed by atoms with Crippen LogP contribution in [0.2, 0.25) is 0 Å². The van der Waals surface area contributed by atoms with Crippen LogP contribution in [-0.4, -0.2) is 23.3 Å². The Hall–Kier alpha value is -0.700. The van der Waals surface area contributed by atoms with E-state index >= 15 is 0 Å². The van der Waals surface area contributed by atoms with E-state index in [9.17, 15) is 9.59 Å². The molecule has 1 atom stereocenters. The van der Waals surface area contributed by atoms with Crippen LogP contribution in [-0.2, 0) is 9.59 Å². The molecule has 3 heteroatoms. The molecule has 0 aliphatic heterocycles. The first-order valence-electron chi connectivity index (χ1n) is 2.78. The van der Waals surface area contributed by atoms with Crippen LogP contribution in [0.4, 0.5) is 0 Å². The van der Waals surface area contributed by atoms with Crippen LogP contribution in [0, 0.1) is 0 Å². The first-order chi connectivity index (χ1) is 4.16. The zero-order valence-electron chi connectivity index (χ0n) is 5.33. The van der Waals surface area contributed by atoms with E-state index in [-0.39, 0.29) is 18.6 Å². The second-order valence-corrected chi connectivity index (χ2v) is 1.96. The largest absolute Gasteiger partial charge is 0.392 e. The van der Waals surface area contributed by atoms with Crippen molar-refractivity contribution in [3.05, 3.63) is 0 Å². The number of aliphatic hydroxyl groups is 1. The average Bonchev–Trinajstić information content (AvgIpc) is 1.63. The Labute approximate surface area is 53.7 Å². The van der Waals surface area contributed by atoms with E-state index in [1.165, 1.54) is 6.92 Å². The third kappa shape index (κ3) is 5.17. The topological polar surface area (TPSA) is 54.4 Å². The molecule has 0 unspecified atom stereocenters. The summed E-state index contributed by atoms with van der Waals surface area (Å²) in [4.78, 5) is 20.0. The number of hydrogen-bond donors (Lipinski definition) is 1. The first kappa shape index (κ1) is 8.30. The Bertz CT molecular complexity index is 109. The summed E-state index contributed by atoms with van der Waals surface area (Å²) in [5.41, 5.74) is 0. The number of carbonyl (C=O) groups excluding carboxylic acids is 2. The van der Waals surface area contributed by atoms with Crippen molar-refractivity contribution < 1.29 is 14.7 Å². The van der Waals surface area contributed by atoms with Crippen LogP contribution in [0.25, 0.3) is 0 Å². The summed E-state index contributed by atoms with van der Waals surface area (Å²) in [6.45, 7) is 1.38. The number of aliphatic hydroxyl groups excluding tert-OH is 1. The Morgan fingerprint density at radius 3 is 2.67 bits per heavy atom. The minimum absolute atomic E-state index is 0.0551. The predicted molar refractivity (Wildman–Crippen MR) is 32.0 cm³/mol. The van der Waals surface area contributed by atoms with Crippen molar-refractivity contribution in [2.75, 3.05) is 0 Å². The fraction of sp³-hybridized carbons (Fsp3) is 0.667. The molecule has 0 bridgehead atoms. The van der Waals surface area contributed by atoms with Crippen LogP contribution < -0.4 is 0 Å². The van der Waals surface area contributed by atoms with Gasteiger partial charge in [0.05, 0.1) is 6.10 Å². The van der Waals surface area contributed by atoms with Gasteiger partial charge in [-0.25, -0.2) is 0 Å². The Balaban J connectivity index is 3.37. The summed E-state index contributed by atoms with van der Waals surface area (Å²) < 4.78 is 0. The van der Waals surface area contributed by atoms with Crippen molar-refractivity contribution >= 4 is 12.1 Å². The summed E-state index contributed by atoms with van der Waals surface area (Å²) in [6, 6.07) is 0. The summed E-state index contributed by atoms with van der Waals surface area (Å²) >= 11 is 0. The van der Waals surface area contributed by atoms with Crippen LogP contribution >= 0.6 is 0 Å². The van der Waals surface area contributed by atoms with Crippen LogP contribution in [0.15, 0.2) is 0 Å². The van der Waals surface area contributed by atoms with Gasteiger partial charge in [-0.3, -0.25) is 4.79 Å². The molecular formula is C6H10O3. The number of rotatable bonds is 4. The van der Waals surface area contributed by atoms with Gasteiger partial charge in [-0.1, -0.05) is 0 Å². The van der Waals surface area contributed by atoms with Crippen LogP contribution in [0.1, 0.15) is 19.8 Å². The van der Waals surface area contributed by atoms with Gasteiger partial charge < -0.3 is 9.90 Å². The highest BCUT2D eigenvalue weighted by Crippen LogP contribution is 1.94. The van der Waals surface area contributed by atoms with E-state index in [1.54, 1.807) is 0 Å². The molecule has 0 saturated heterocycles. The van der Waals surface area contributed by atoms with E-state index in [1.807, 2.05) is 0 Å². The van der Waals surface area contributed by atoms with Crippen molar-refractivity contribution in [1.29, 1.82) is 0 Å². The maximum Gasteiger partial charge on any atom is 0.132 e. The van der Waals surface area contributed by atoms with Gasteiger partial charge in [-0.2, -0.15) is 0 Å². The van der Waals surface area contributed by atoms with Gasteiger partial charge in [0.2, 0.25) is 0 Å². The molecule has 0 saturated carbocycles. The fourth-order valence-corrected chi connectivity index (χ4v) is 0.526. The fourth-order valence-electron chi connectivity index (χ4n) is 0.526. The zero-order chi connectivity index (χ0) is 7.28. The minimum atomic E-state index is -0.778. The molecule has 0 fully saturated rings. The molecule has 0 aliphatic rings. The molecule has 0 heterocycles.